The van der Waals surface area contributed by atoms with E-state index < -0.39 is 0 Å². The van der Waals surface area contributed by atoms with Crippen LogP contribution in [0, 0.1) is 0 Å². The zero-order valence-electron chi connectivity index (χ0n) is 10.2. The van der Waals surface area contributed by atoms with Crippen molar-refractivity contribution in [1.82, 2.24) is 9.97 Å². The summed E-state index contributed by atoms with van der Waals surface area (Å²) in [6.45, 7) is 0. The van der Waals surface area contributed by atoms with E-state index in [2.05, 4.69) is 14.7 Å². The smallest absolute Gasteiger partial charge is 0.305 e. The fourth-order valence-electron chi connectivity index (χ4n) is 2.30. The minimum absolute atomic E-state index is 0.208. The molecule has 0 amide bonds. The highest BCUT2D eigenvalue weighted by atomic mass is 16.5. The summed E-state index contributed by atoms with van der Waals surface area (Å²) in [6, 6.07) is 2.00. The van der Waals surface area contributed by atoms with Crippen molar-refractivity contribution in [3.05, 3.63) is 23.8 Å². The third-order valence-corrected chi connectivity index (χ3v) is 3.28. The van der Waals surface area contributed by atoms with Gasteiger partial charge in [-0.05, 0) is 18.9 Å². The molecule has 0 aliphatic heterocycles. The molecule has 1 aromatic heterocycles. The Morgan fingerprint density at radius 2 is 2.24 bits per heavy atom. The maximum Gasteiger partial charge on any atom is 0.305 e. The van der Waals surface area contributed by atoms with Gasteiger partial charge in [-0.1, -0.05) is 12.8 Å². The molecule has 0 atom stereocenters. The second-order valence-electron chi connectivity index (χ2n) is 4.46. The lowest BCUT2D eigenvalue weighted by Crippen LogP contribution is -2.06. The summed E-state index contributed by atoms with van der Waals surface area (Å²) in [6.07, 6.45) is 7.77. The lowest BCUT2D eigenvalue weighted by molar-refractivity contribution is -0.140. The zero-order chi connectivity index (χ0) is 12.1. The van der Waals surface area contributed by atoms with Gasteiger partial charge in [-0.2, -0.15) is 0 Å². The summed E-state index contributed by atoms with van der Waals surface area (Å²) in [5.41, 5.74) is 1.14. The molecule has 1 aromatic rings. The minimum Gasteiger partial charge on any atom is -0.469 e. The summed E-state index contributed by atoms with van der Waals surface area (Å²) < 4.78 is 4.61. The predicted molar refractivity (Wildman–Crippen MR) is 63.6 cm³/mol. The average Bonchev–Trinajstić information content (AvgIpc) is 2.90. The minimum atomic E-state index is -0.208. The van der Waals surface area contributed by atoms with Crippen LogP contribution >= 0.6 is 0 Å². The number of rotatable bonds is 4. The van der Waals surface area contributed by atoms with Crippen molar-refractivity contribution in [3.63, 3.8) is 0 Å². The van der Waals surface area contributed by atoms with Gasteiger partial charge in [-0.25, -0.2) is 9.97 Å². The average molecular weight is 234 g/mol. The molecular weight excluding hydrogens is 216 g/mol. The number of methoxy groups -OCH3 is 1. The van der Waals surface area contributed by atoms with Gasteiger partial charge in [0.2, 0.25) is 0 Å². The molecule has 17 heavy (non-hydrogen) atoms. The Bertz CT molecular complexity index is 387. The number of esters is 1. The Kier molecular flexibility index (Phi) is 4.07. The normalized spacial score (nSPS) is 16.1. The molecule has 92 valence electrons. The van der Waals surface area contributed by atoms with Crippen molar-refractivity contribution in [1.29, 1.82) is 0 Å². The standard InChI is InChI=1S/C13H18N2O2/c1-17-13(16)7-6-12-14-9-8-11(15-12)10-4-2-3-5-10/h8-10H,2-7H2,1H3. The molecule has 4 heteroatoms. The predicted octanol–water partition coefficient (Wildman–Crippen LogP) is 2.24. The molecule has 1 heterocycles. The van der Waals surface area contributed by atoms with Crippen LogP contribution < -0.4 is 0 Å². The molecule has 1 aliphatic rings. The molecule has 0 bridgehead atoms. The number of hydrogen-bond acceptors (Lipinski definition) is 4. The van der Waals surface area contributed by atoms with E-state index in [-0.39, 0.29) is 5.97 Å². The van der Waals surface area contributed by atoms with Crippen molar-refractivity contribution >= 4 is 5.97 Å². The maximum atomic E-state index is 11.0. The van der Waals surface area contributed by atoms with Crippen LogP contribution in [0.4, 0.5) is 0 Å². The number of ether oxygens (including phenoxy) is 1. The molecule has 0 saturated heterocycles. The first-order valence-corrected chi connectivity index (χ1v) is 6.18. The number of aromatic nitrogens is 2. The Hall–Kier alpha value is -1.45. The highest BCUT2D eigenvalue weighted by molar-refractivity contribution is 5.69. The maximum absolute atomic E-state index is 11.0. The topological polar surface area (TPSA) is 52.1 Å². The van der Waals surface area contributed by atoms with E-state index in [1.54, 1.807) is 6.20 Å². The molecule has 1 aliphatic carbocycles. The first-order chi connectivity index (χ1) is 8.29. The van der Waals surface area contributed by atoms with Gasteiger partial charge in [0.25, 0.3) is 0 Å². The van der Waals surface area contributed by atoms with Crippen LogP contribution in [-0.2, 0) is 16.0 Å². The van der Waals surface area contributed by atoms with E-state index in [1.165, 1.54) is 32.8 Å². The fraction of sp³-hybridized carbons (Fsp3) is 0.615. The summed E-state index contributed by atoms with van der Waals surface area (Å²) >= 11 is 0. The number of aryl methyl sites for hydroxylation is 1. The number of carbonyl (C=O) groups excluding carboxylic acids is 1. The highest BCUT2D eigenvalue weighted by Crippen LogP contribution is 2.32. The van der Waals surface area contributed by atoms with E-state index in [4.69, 9.17) is 0 Å². The van der Waals surface area contributed by atoms with Gasteiger partial charge < -0.3 is 4.74 Å². The van der Waals surface area contributed by atoms with E-state index in [1.807, 2.05) is 6.07 Å². The third-order valence-electron chi connectivity index (χ3n) is 3.28. The molecule has 4 nitrogen and oxygen atoms in total. The Balaban J connectivity index is 1.98. The third kappa shape index (κ3) is 3.25. The first-order valence-electron chi connectivity index (χ1n) is 6.18. The van der Waals surface area contributed by atoms with Gasteiger partial charge in [-0.3, -0.25) is 4.79 Å². The summed E-state index contributed by atoms with van der Waals surface area (Å²) in [4.78, 5) is 19.8. The van der Waals surface area contributed by atoms with Crippen molar-refractivity contribution in [2.45, 2.75) is 44.4 Å². The van der Waals surface area contributed by atoms with Crippen molar-refractivity contribution in [2.75, 3.05) is 7.11 Å². The second-order valence-corrected chi connectivity index (χ2v) is 4.46. The van der Waals surface area contributed by atoms with Crippen molar-refractivity contribution < 1.29 is 9.53 Å². The van der Waals surface area contributed by atoms with E-state index >= 15 is 0 Å². The number of carbonyl (C=O) groups is 1. The van der Waals surface area contributed by atoms with Crippen molar-refractivity contribution in [3.8, 4) is 0 Å². The summed E-state index contributed by atoms with van der Waals surface area (Å²) in [5, 5.41) is 0. The van der Waals surface area contributed by atoms with Gasteiger partial charge in [0, 0.05) is 24.2 Å². The molecule has 0 N–H and O–H groups in total. The Labute approximate surface area is 101 Å². The molecule has 0 unspecified atom stereocenters. The van der Waals surface area contributed by atoms with E-state index in [0.29, 0.717) is 18.8 Å². The number of nitrogens with zero attached hydrogens (tertiary/aromatic N) is 2. The molecule has 2 rings (SSSR count). The summed E-state index contributed by atoms with van der Waals surface area (Å²) in [7, 11) is 1.40. The molecular formula is C13H18N2O2. The summed E-state index contributed by atoms with van der Waals surface area (Å²) in [5.74, 6) is 1.13. The largest absolute Gasteiger partial charge is 0.469 e. The zero-order valence-corrected chi connectivity index (χ0v) is 10.2. The SMILES string of the molecule is COC(=O)CCc1nccc(C2CCCC2)n1. The van der Waals surface area contributed by atoms with Gasteiger partial charge in [0.1, 0.15) is 5.82 Å². The highest BCUT2D eigenvalue weighted by Gasteiger charge is 2.18. The molecule has 0 radical (unpaired) electrons. The first kappa shape index (κ1) is 12.0. The monoisotopic (exact) mass is 234 g/mol. The van der Waals surface area contributed by atoms with Crippen LogP contribution in [0.5, 0.6) is 0 Å². The van der Waals surface area contributed by atoms with Crippen LogP contribution in [0.1, 0.15) is 49.5 Å². The molecule has 0 spiro atoms. The Morgan fingerprint density at radius 3 is 2.94 bits per heavy atom. The van der Waals surface area contributed by atoms with Gasteiger partial charge in [0.05, 0.1) is 13.5 Å². The van der Waals surface area contributed by atoms with Crippen LogP contribution in [0.2, 0.25) is 0 Å². The Morgan fingerprint density at radius 1 is 1.47 bits per heavy atom. The molecule has 0 aromatic carbocycles. The lowest BCUT2D eigenvalue weighted by Gasteiger charge is -2.09. The molecule has 1 saturated carbocycles. The van der Waals surface area contributed by atoms with Crippen LogP contribution in [0.3, 0.4) is 0 Å². The lowest BCUT2D eigenvalue weighted by atomic mass is 10.0. The quantitative estimate of drug-likeness (QED) is 0.750. The van der Waals surface area contributed by atoms with E-state index in [0.717, 1.165) is 11.5 Å². The van der Waals surface area contributed by atoms with E-state index in [9.17, 15) is 4.79 Å². The molecule has 1 fully saturated rings. The fourth-order valence-corrected chi connectivity index (χ4v) is 2.30. The van der Waals surface area contributed by atoms with Gasteiger partial charge in [0.15, 0.2) is 0 Å². The second kappa shape index (κ2) is 5.75. The van der Waals surface area contributed by atoms with Gasteiger partial charge in [-0.15, -0.1) is 0 Å². The van der Waals surface area contributed by atoms with Crippen LogP contribution in [-0.4, -0.2) is 23.0 Å². The van der Waals surface area contributed by atoms with Crippen LogP contribution in [0.25, 0.3) is 0 Å². The van der Waals surface area contributed by atoms with Crippen molar-refractivity contribution in [2.24, 2.45) is 0 Å². The van der Waals surface area contributed by atoms with Crippen LogP contribution in [0.15, 0.2) is 12.3 Å². The number of hydrogen-bond donors (Lipinski definition) is 0. The van der Waals surface area contributed by atoms with Gasteiger partial charge >= 0.3 is 5.97 Å².